The van der Waals surface area contributed by atoms with Gasteiger partial charge in [-0.25, -0.2) is 4.39 Å². The minimum atomic E-state index is -0.604. The lowest BCUT2D eigenvalue weighted by Gasteiger charge is -2.15. The van der Waals surface area contributed by atoms with Crippen LogP contribution in [0, 0.1) is 5.82 Å². The van der Waals surface area contributed by atoms with Gasteiger partial charge in [0.15, 0.2) is 6.10 Å². The molecule has 3 rings (SSSR count). The second-order valence-corrected chi connectivity index (χ2v) is 7.83. The molecule has 3 nitrogen and oxygen atoms in total. The zero-order valence-electron chi connectivity index (χ0n) is 15.5. The fraction of sp³-hybridized carbons (Fsp3) is 0.227. The van der Waals surface area contributed by atoms with Crippen molar-refractivity contribution in [3.8, 4) is 5.75 Å². The fourth-order valence-corrected chi connectivity index (χ4v) is 3.93. The lowest BCUT2D eigenvalue weighted by Crippen LogP contribution is -2.37. The average Bonchev–Trinajstić information content (AvgIpc) is 2.69. The van der Waals surface area contributed by atoms with Gasteiger partial charge in [-0.2, -0.15) is 11.8 Å². The number of fused-ring (bicyclic) bond motifs is 1. The summed E-state index contributed by atoms with van der Waals surface area (Å²) in [6.07, 6.45) is -0.604. The minimum absolute atomic E-state index is 0.183. The monoisotopic (exact) mass is 417 g/mol. The predicted octanol–water partition coefficient (Wildman–Crippen LogP) is 5.45. The van der Waals surface area contributed by atoms with Crippen LogP contribution in [0.1, 0.15) is 12.5 Å². The first-order valence-electron chi connectivity index (χ1n) is 8.98. The van der Waals surface area contributed by atoms with Gasteiger partial charge >= 0.3 is 0 Å². The van der Waals surface area contributed by atoms with E-state index < -0.39 is 6.10 Å². The Morgan fingerprint density at radius 3 is 2.71 bits per heavy atom. The SMILES string of the molecule is C[C@@H](Oc1ccc2ccccc2c1)C(=O)NCCSCc1c(F)cccc1Cl. The zero-order valence-corrected chi connectivity index (χ0v) is 17.0. The van der Waals surface area contributed by atoms with Crippen molar-refractivity contribution in [3.05, 3.63) is 77.1 Å². The normalized spacial score (nSPS) is 12.0. The molecule has 0 saturated heterocycles. The van der Waals surface area contributed by atoms with Gasteiger partial charge in [0.05, 0.1) is 0 Å². The third kappa shape index (κ3) is 5.40. The Bertz CT molecular complexity index is 946. The van der Waals surface area contributed by atoms with Crippen LogP contribution >= 0.6 is 23.4 Å². The summed E-state index contributed by atoms with van der Waals surface area (Å²) in [4.78, 5) is 12.2. The lowest BCUT2D eigenvalue weighted by atomic mass is 10.1. The molecule has 3 aromatic carbocycles. The molecule has 3 aromatic rings. The molecule has 28 heavy (non-hydrogen) atoms. The van der Waals surface area contributed by atoms with E-state index in [1.807, 2.05) is 42.5 Å². The minimum Gasteiger partial charge on any atom is -0.481 e. The van der Waals surface area contributed by atoms with Crippen LogP contribution in [0.2, 0.25) is 5.02 Å². The van der Waals surface area contributed by atoms with E-state index in [1.165, 1.54) is 17.8 Å². The van der Waals surface area contributed by atoms with Crippen LogP contribution in [0.3, 0.4) is 0 Å². The third-order valence-corrected chi connectivity index (χ3v) is 5.60. The zero-order chi connectivity index (χ0) is 19.9. The molecule has 0 aliphatic carbocycles. The van der Waals surface area contributed by atoms with Gasteiger partial charge in [0, 0.05) is 28.6 Å². The average molecular weight is 418 g/mol. The molecule has 0 radical (unpaired) electrons. The number of rotatable bonds is 8. The van der Waals surface area contributed by atoms with Crippen LogP contribution in [-0.4, -0.2) is 24.3 Å². The second kappa shape index (κ2) is 9.80. The maximum absolute atomic E-state index is 13.7. The number of ether oxygens (including phenoxy) is 1. The van der Waals surface area contributed by atoms with Crippen LogP contribution in [0.5, 0.6) is 5.75 Å². The molecule has 1 atom stereocenters. The quantitative estimate of drug-likeness (QED) is 0.495. The maximum atomic E-state index is 13.7. The topological polar surface area (TPSA) is 38.3 Å². The Kier molecular flexibility index (Phi) is 7.18. The molecular weight excluding hydrogens is 397 g/mol. The number of benzene rings is 3. The largest absolute Gasteiger partial charge is 0.481 e. The summed E-state index contributed by atoms with van der Waals surface area (Å²) >= 11 is 7.52. The summed E-state index contributed by atoms with van der Waals surface area (Å²) in [5, 5.41) is 5.46. The van der Waals surface area contributed by atoms with Crippen molar-refractivity contribution >= 4 is 40.0 Å². The molecule has 146 valence electrons. The van der Waals surface area contributed by atoms with Gasteiger partial charge in [-0.05, 0) is 42.0 Å². The van der Waals surface area contributed by atoms with Gasteiger partial charge in [0.2, 0.25) is 0 Å². The number of nitrogens with one attached hydrogen (secondary N) is 1. The Balaban J connectivity index is 1.42. The van der Waals surface area contributed by atoms with E-state index in [4.69, 9.17) is 16.3 Å². The lowest BCUT2D eigenvalue weighted by molar-refractivity contribution is -0.127. The molecule has 1 amide bonds. The Hall–Kier alpha value is -2.24. The number of carbonyl (C=O) groups is 1. The van der Waals surface area contributed by atoms with Crippen molar-refractivity contribution < 1.29 is 13.9 Å². The molecule has 0 fully saturated rings. The highest BCUT2D eigenvalue weighted by Crippen LogP contribution is 2.24. The Labute approximate surface area is 173 Å². The molecule has 0 spiro atoms. The van der Waals surface area contributed by atoms with Gasteiger partial charge in [-0.1, -0.05) is 48.0 Å². The summed E-state index contributed by atoms with van der Waals surface area (Å²) in [6.45, 7) is 2.19. The number of hydrogen-bond acceptors (Lipinski definition) is 3. The molecule has 0 saturated carbocycles. The van der Waals surface area contributed by atoms with E-state index in [0.29, 0.717) is 34.4 Å². The number of thioether (sulfide) groups is 1. The first-order valence-corrected chi connectivity index (χ1v) is 10.5. The molecular formula is C22H21ClFNO2S. The highest BCUT2D eigenvalue weighted by atomic mass is 35.5. The second-order valence-electron chi connectivity index (χ2n) is 6.31. The number of carbonyl (C=O) groups excluding carboxylic acids is 1. The Morgan fingerprint density at radius 1 is 1.14 bits per heavy atom. The van der Waals surface area contributed by atoms with Crippen molar-refractivity contribution in [3.63, 3.8) is 0 Å². The first-order chi connectivity index (χ1) is 13.5. The van der Waals surface area contributed by atoms with Gasteiger partial charge in [0.1, 0.15) is 11.6 Å². The first kappa shape index (κ1) is 20.5. The summed E-state index contributed by atoms with van der Waals surface area (Å²) < 4.78 is 19.5. The maximum Gasteiger partial charge on any atom is 0.260 e. The van der Waals surface area contributed by atoms with E-state index in [0.717, 1.165) is 10.8 Å². The van der Waals surface area contributed by atoms with Gasteiger partial charge < -0.3 is 10.1 Å². The Morgan fingerprint density at radius 2 is 1.93 bits per heavy atom. The molecule has 0 aliphatic rings. The molecule has 0 bridgehead atoms. The van der Waals surface area contributed by atoms with Crippen LogP contribution in [0.15, 0.2) is 60.7 Å². The van der Waals surface area contributed by atoms with Crippen molar-refractivity contribution in [1.82, 2.24) is 5.32 Å². The summed E-state index contributed by atoms with van der Waals surface area (Å²) in [5.74, 6) is 1.29. The van der Waals surface area contributed by atoms with Crippen LogP contribution in [0.4, 0.5) is 4.39 Å². The van der Waals surface area contributed by atoms with Crippen LogP contribution in [-0.2, 0) is 10.5 Å². The number of halogens is 2. The van der Waals surface area contributed by atoms with Crippen molar-refractivity contribution in [2.45, 2.75) is 18.8 Å². The molecule has 0 heterocycles. The van der Waals surface area contributed by atoms with E-state index >= 15 is 0 Å². The highest BCUT2D eigenvalue weighted by Gasteiger charge is 2.14. The van der Waals surface area contributed by atoms with Crippen LogP contribution in [0.25, 0.3) is 10.8 Å². The van der Waals surface area contributed by atoms with E-state index in [2.05, 4.69) is 5.32 Å². The van der Waals surface area contributed by atoms with Crippen molar-refractivity contribution in [1.29, 1.82) is 0 Å². The van der Waals surface area contributed by atoms with Crippen molar-refractivity contribution in [2.24, 2.45) is 0 Å². The molecule has 0 unspecified atom stereocenters. The molecule has 0 aliphatic heterocycles. The molecule has 0 aromatic heterocycles. The van der Waals surface area contributed by atoms with E-state index in [1.54, 1.807) is 19.1 Å². The standard InChI is InChI=1S/C22H21ClFNO2S/c1-15(27-18-10-9-16-5-2-3-6-17(16)13-18)22(26)25-11-12-28-14-19-20(23)7-4-8-21(19)24/h2-10,13,15H,11-12,14H2,1H3,(H,25,26)/t15-/m1/s1. The van der Waals surface area contributed by atoms with Gasteiger partial charge in [-0.15, -0.1) is 0 Å². The number of hydrogen-bond donors (Lipinski definition) is 1. The summed E-state index contributed by atoms with van der Waals surface area (Å²) in [6, 6.07) is 18.4. The van der Waals surface area contributed by atoms with Gasteiger partial charge in [-0.3, -0.25) is 4.79 Å². The number of amides is 1. The summed E-state index contributed by atoms with van der Waals surface area (Å²) in [7, 11) is 0. The van der Waals surface area contributed by atoms with Crippen LogP contribution < -0.4 is 10.1 Å². The van der Waals surface area contributed by atoms with E-state index in [-0.39, 0.29) is 11.7 Å². The molecule has 1 N–H and O–H groups in total. The summed E-state index contributed by atoms with van der Waals surface area (Å²) in [5.41, 5.74) is 0.494. The molecule has 6 heteroatoms. The smallest absolute Gasteiger partial charge is 0.260 e. The fourth-order valence-electron chi connectivity index (χ4n) is 2.73. The highest BCUT2D eigenvalue weighted by molar-refractivity contribution is 7.98. The van der Waals surface area contributed by atoms with Crippen molar-refractivity contribution in [2.75, 3.05) is 12.3 Å². The van der Waals surface area contributed by atoms with Gasteiger partial charge in [0.25, 0.3) is 5.91 Å². The van der Waals surface area contributed by atoms with E-state index in [9.17, 15) is 9.18 Å². The third-order valence-electron chi connectivity index (χ3n) is 4.26. The predicted molar refractivity (Wildman–Crippen MR) is 115 cm³/mol.